The van der Waals surface area contributed by atoms with Crippen LogP contribution < -0.4 is 5.32 Å². The van der Waals surface area contributed by atoms with Gasteiger partial charge in [-0.05, 0) is 49.7 Å². The average molecular weight is 493 g/mol. The van der Waals surface area contributed by atoms with Gasteiger partial charge in [-0.3, -0.25) is 9.36 Å². The summed E-state index contributed by atoms with van der Waals surface area (Å²) in [6.07, 6.45) is 0. The molecule has 0 spiro atoms. The topological polar surface area (TPSA) is 59.8 Å². The summed E-state index contributed by atoms with van der Waals surface area (Å²) in [6, 6.07) is 23.9. The Hall–Kier alpha value is -2.90. The molecule has 1 aromatic heterocycles. The normalized spacial score (nSPS) is 10.8. The quantitative estimate of drug-likeness (QED) is 0.333. The number of carbonyl (C=O) groups is 1. The van der Waals surface area contributed by atoms with E-state index in [1.54, 1.807) is 0 Å². The van der Waals surface area contributed by atoms with Crippen molar-refractivity contribution in [1.82, 2.24) is 14.8 Å². The van der Waals surface area contributed by atoms with Gasteiger partial charge in [0.25, 0.3) is 0 Å². The van der Waals surface area contributed by atoms with Crippen molar-refractivity contribution in [2.45, 2.75) is 19.0 Å². The van der Waals surface area contributed by atoms with Crippen LogP contribution in [0.5, 0.6) is 0 Å². The molecule has 4 rings (SSSR count). The van der Waals surface area contributed by atoms with Gasteiger partial charge >= 0.3 is 0 Å². The molecule has 0 radical (unpaired) electrons. The van der Waals surface area contributed by atoms with Gasteiger partial charge < -0.3 is 5.32 Å². The third-order valence-electron chi connectivity index (χ3n) is 4.73. The standard InChI is InChI=1S/C24H21BrN4OS/c1-16-8-11-20(12-9-16)29-23(18-6-4-3-5-7-18)27-28-24(29)31-15-22(30)26-19-10-13-21(25)17(2)14-19/h3-14H,15H2,1-2H3,(H,26,30). The van der Waals surface area contributed by atoms with Crippen LogP contribution in [0.3, 0.4) is 0 Å². The molecule has 0 saturated carbocycles. The summed E-state index contributed by atoms with van der Waals surface area (Å²) in [5.41, 5.74) is 4.95. The highest BCUT2D eigenvalue weighted by Crippen LogP contribution is 2.28. The van der Waals surface area contributed by atoms with Crippen LogP contribution in [-0.2, 0) is 4.79 Å². The largest absolute Gasteiger partial charge is 0.325 e. The molecule has 4 aromatic rings. The van der Waals surface area contributed by atoms with E-state index in [1.165, 1.54) is 17.3 Å². The average Bonchev–Trinajstić information content (AvgIpc) is 3.20. The van der Waals surface area contributed by atoms with Crippen LogP contribution in [-0.4, -0.2) is 26.4 Å². The van der Waals surface area contributed by atoms with E-state index in [2.05, 4.69) is 50.5 Å². The van der Waals surface area contributed by atoms with E-state index < -0.39 is 0 Å². The Bertz CT molecular complexity index is 1210. The first-order valence-electron chi connectivity index (χ1n) is 9.78. The molecule has 0 saturated heterocycles. The second-order valence-corrected chi connectivity index (χ2v) is 8.94. The zero-order valence-corrected chi connectivity index (χ0v) is 19.6. The van der Waals surface area contributed by atoms with Crippen molar-refractivity contribution in [2.24, 2.45) is 0 Å². The molecule has 1 N–H and O–H groups in total. The van der Waals surface area contributed by atoms with Gasteiger partial charge in [0.2, 0.25) is 5.91 Å². The molecule has 7 heteroatoms. The second-order valence-electron chi connectivity index (χ2n) is 7.14. The smallest absolute Gasteiger partial charge is 0.234 e. The van der Waals surface area contributed by atoms with Crippen molar-refractivity contribution in [1.29, 1.82) is 0 Å². The highest BCUT2D eigenvalue weighted by molar-refractivity contribution is 9.10. The Balaban J connectivity index is 1.57. The molecule has 156 valence electrons. The number of benzene rings is 3. The van der Waals surface area contributed by atoms with Crippen molar-refractivity contribution < 1.29 is 4.79 Å². The SMILES string of the molecule is Cc1ccc(-n2c(SCC(=O)Nc3ccc(Br)c(C)c3)nnc2-c2ccccc2)cc1. The number of carbonyl (C=O) groups excluding carboxylic acids is 1. The molecule has 31 heavy (non-hydrogen) atoms. The number of halogens is 1. The molecule has 0 atom stereocenters. The zero-order chi connectivity index (χ0) is 21.8. The monoisotopic (exact) mass is 492 g/mol. The number of anilines is 1. The highest BCUT2D eigenvalue weighted by atomic mass is 79.9. The van der Waals surface area contributed by atoms with Crippen LogP contribution in [0, 0.1) is 13.8 Å². The number of amides is 1. The molecule has 0 aliphatic heterocycles. The van der Waals surface area contributed by atoms with Crippen LogP contribution in [0.4, 0.5) is 5.69 Å². The van der Waals surface area contributed by atoms with E-state index >= 15 is 0 Å². The van der Waals surface area contributed by atoms with Gasteiger partial charge in [-0.25, -0.2) is 0 Å². The molecule has 1 amide bonds. The molecular formula is C24H21BrN4OS. The van der Waals surface area contributed by atoms with E-state index in [0.29, 0.717) is 5.16 Å². The Morgan fingerprint density at radius 3 is 2.45 bits per heavy atom. The summed E-state index contributed by atoms with van der Waals surface area (Å²) in [5.74, 6) is 0.885. The summed E-state index contributed by atoms with van der Waals surface area (Å²) in [4.78, 5) is 12.6. The number of rotatable bonds is 6. The molecule has 3 aromatic carbocycles. The first-order valence-corrected chi connectivity index (χ1v) is 11.6. The van der Waals surface area contributed by atoms with Gasteiger partial charge in [0, 0.05) is 21.4 Å². The zero-order valence-electron chi connectivity index (χ0n) is 17.2. The maximum atomic E-state index is 12.6. The van der Waals surface area contributed by atoms with Crippen LogP contribution in [0.2, 0.25) is 0 Å². The molecule has 0 bridgehead atoms. The maximum absolute atomic E-state index is 12.6. The second kappa shape index (κ2) is 9.49. The number of aryl methyl sites for hydroxylation is 2. The van der Waals surface area contributed by atoms with Gasteiger partial charge in [0.1, 0.15) is 0 Å². The van der Waals surface area contributed by atoms with E-state index in [0.717, 1.165) is 32.8 Å². The number of nitrogens with zero attached hydrogens (tertiary/aromatic N) is 3. The van der Waals surface area contributed by atoms with Crippen molar-refractivity contribution in [3.05, 3.63) is 88.4 Å². The fourth-order valence-corrected chi connectivity index (χ4v) is 4.11. The first-order chi connectivity index (χ1) is 15.0. The minimum Gasteiger partial charge on any atom is -0.325 e. The fourth-order valence-electron chi connectivity index (χ4n) is 3.11. The Morgan fingerprint density at radius 2 is 1.74 bits per heavy atom. The number of nitrogens with one attached hydrogen (secondary N) is 1. The van der Waals surface area contributed by atoms with Gasteiger partial charge in [-0.1, -0.05) is 75.7 Å². The van der Waals surface area contributed by atoms with Crippen LogP contribution in [0.25, 0.3) is 17.1 Å². The van der Waals surface area contributed by atoms with Gasteiger partial charge in [0.05, 0.1) is 5.75 Å². The predicted octanol–water partition coefficient (Wildman–Crippen LogP) is 6.04. The summed E-state index contributed by atoms with van der Waals surface area (Å²) >= 11 is 4.84. The fraction of sp³-hybridized carbons (Fsp3) is 0.125. The lowest BCUT2D eigenvalue weighted by molar-refractivity contribution is -0.113. The molecule has 0 aliphatic rings. The van der Waals surface area contributed by atoms with E-state index in [-0.39, 0.29) is 11.7 Å². The highest BCUT2D eigenvalue weighted by Gasteiger charge is 2.17. The van der Waals surface area contributed by atoms with E-state index in [9.17, 15) is 4.79 Å². The Labute approximate surface area is 194 Å². The maximum Gasteiger partial charge on any atom is 0.234 e. The molecule has 0 aliphatic carbocycles. The minimum atomic E-state index is -0.0913. The number of thioether (sulfide) groups is 1. The minimum absolute atomic E-state index is 0.0913. The van der Waals surface area contributed by atoms with Gasteiger partial charge in [-0.15, -0.1) is 10.2 Å². The van der Waals surface area contributed by atoms with Crippen molar-refractivity contribution in [2.75, 3.05) is 11.1 Å². The summed E-state index contributed by atoms with van der Waals surface area (Å²) < 4.78 is 3.01. The molecular weight excluding hydrogens is 472 g/mol. The third-order valence-corrected chi connectivity index (χ3v) is 6.55. The summed E-state index contributed by atoms with van der Waals surface area (Å²) in [6.45, 7) is 4.04. The molecule has 1 heterocycles. The number of hydrogen-bond acceptors (Lipinski definition) is 4. The summed E-state index contributed by atoms with van der Waals surface area (Å²) in [7, 11) is 0. The molecule has 5 nitrogen and oxygen atoms in total. The number of aromatic nitrogens is 3. The molecule has 0 unspecified atom stereocenters. The van der Waals surface area contributed by atoms with Gasteiger partial charge in [-0.2, -0.15) is 0 Å². The van der Waals surface area contributed by atoms with Crippen LogP contribution in [0.1, 0.15) is 11.1 Å². The van der Waals surface area contributed by atoms with Crippen LogP contribution >= 0.6 is 27.7 Å². The lowest BCUT2D eigenvalue weighted by atomic mass is 10.2. The predicted molar refractivity (Wildman–Crippen MR) is 130 cm³/mol. The number of hydrogen-bond donors (Lipinski definition) is 1. The third kappa shape index (κ3) is 5.06. The van der Waals surface area contributed by atoms with E-state index in [1.807, 2.05) is 72.2 Å². The Morgan fingerprint density at radius 1 is 1.00 bits per heavy atom. The van der Waals surface area contributed by atoms with Crippen molar-refractivity contribution in [3.8, 4) is 17.1 Å². The van der Waals surface area contributed by atoms with Crippen molar-refractivity contribution in [3.63, 3.8) is 0 Å². The van der Waals surface area contributed by atoms with Crippen molar-refractivity contribution >= 4 is 39.3 Å². The Kier molecular flexibility index (Phi) is 6.53. The lowest BCUT2D eigenvalue weighted by Crippen LogP contribution is -2.14. The first kappa shape index (κ1) is 21.3. The summed E-state index contributed by atoms with van der Waals surface area (Å²) in [5, 5.41) is 12.4. The van der Waals surface area contributed by atoms with Gasteiger partial charge in [0.15, 0.2) is 11.0 Å². The van der Waals surface area contributed by atoms with E-state index in [4.69, 9.17) is 0 Å². The van der Waals surface area contributed by atoms with Crippen LogP contribution in [0.15, 0.2) is 82.4 Å². The molecule has 0 fully saturated rings. The lowest BCUT2D eigenvalue weighted by Gasteiger charge is -2.11.